The van der Waals surface area contributed by atoms with Crippen LogP contribution in [0.3, 0.4) is 0 Å². The molecule has 3 aromatic heterocycles. The zero-order valence-corrected chi connectivity index (χ0v) is 17.8. The van der Waals surface area contributed by atoms with E-state index in [9.17, 15) is 4.79 Å². The number of benzene rings is 1. The van der Waals surface area contributed by atoms with Crippen LogP contribution in [0.5, 0.6) is 0 Å². The molecule has 1 N–H and O–H groups in total. The summed E-state index contributed by atoms with van der Waals surface area (Å²) in [6.45, 7) is 4.59. The van der Waals surface area contributed by atoms with Crippen LogP contribution in [0.25, 0.3) is 22.9 Å². The number of hydrogen-bond donors (Lipinski definition) is 1. The monoisotopic (exact) mass is 432 g/mol. The van der Waals surface area contributed by atoms with E-state index in [1.807, 2.05) is 42.8 Å². The molecule has 4 aromatic rings. The molecule has 1 saturated heterocycles. The normalized spacial score (nSPS) is 17.2. The topological polar surface area (TPSA) is 115 Å². The van der Waals surface area contributed by atoms with E-state index in [4.69, 9.17) is 9.40 Å². The zero-order valence-electron chi connectivity index (χ0n) is 17.8. The minimum Gasteiger partial charge on any atom is -0.418 e. The van der Waals surface area contributed by atoms with Crippen LogP contribution < -0.4 is 14.7 Å². The average Bonchev–Trinajstić information content (AvgIpc) is 3.50. The second-order valence-electron chi connectivity index (χ2n) is 8.07. The van der Waals surface area contributed by atoms with Crippen LogP contribution in [-0.2, 0) is 13.5 Å². The van der Waals surface area contributed by atoms with Crippen molar-refractivity contribution < 1.29 is 9.21 Å². The van der Waals surface area contributed by atoms with E-state index in [-0.39, 0.29) is 6.03 Å². The number of aromatic nitrogens is 6. The second kappa shape index (κ2) is 6.82. The number of carbonyl (C=O) groups excluding carboxylic acids is 1. The molecule has 0 atom stereocenters. The second-order valence-corrected chi connectivity index (χ2v) is 8.07. The van der Waals surface area contributed by atoms with Gasteiger partial charge in [0.2, 0.25) is 11.7 Å². The summed E-state index contributed by atoms with van der Waals surface area (Å²) >= 11 is 0. The third kappa shape index (κ3) is 2.57. The molecule has 0 unspecified atom stereocenters. The maximum atomic E-state index is 12.9. The first-order chi connectivity index (χ1) is 15.6. The van der Waals surface area contributed by atoms with Gasteiger partial charge in [-0.2, -0.15) is 0 Å². The van der Waals surface area contributed by atoms with Crippen LogP contribution in [-0.4, -0.2) is 61.9 Å². The van der Waals surface area contributed by atoms with Crippen molar-refractivity contribution in [2.75, 3.05) is 36.4 Å². The van der Waals surface area contributed by atoms with E-state index in [1.54, 1.807) is 6.33 Å². The molecule has 11 heteroatoms. The number of para-hydroxylation sites is 2. The molecule has 2 amide bonds. The van der Waals surface area contributed by atoms with Gasteiger partial charge in [0.25, 0.3) is 5.89 Å². The molecule has 0 aliphatic carbocycles. The molecule has 1 fully saturated rings. The first kappa shape index (κ1) is 18.9. The number of imidazole rings is 1. The lowest BCUT2D eigenvalue weighted by Gasteiger charge is -2.39. The molecular weight excluding hydrogens is 410 g/mol. The van der Waals surface area contributed by atoms with E-state index in [0.29, 0.717) is 65.9 Å². The van der Waals surface area contributed by atoms with Crippen molar-refractivity contribution in [3.8, 4) is 11.7 Å². The van der Waals surface area contributed by atoms with Crippen LogP contribution in [0.1, 0.15) is 12.8 Å². The molecular formula is C21H22N9O2+. The standard InChI is InChI=1S/C21H21N9O2/c1-3-15-26-27-20(32-15)19-25-16-17(28(19)2)22-12-23-18(16)29-8-10-30(11-9-29)14-7-5-4-6-13(14)24-21(30)31/h4-7,12H,3,8-11H2,1-2H3/p+1. The number of anilines is 2. The Morgan fingerprint density at radius 1 is 1.16 bits per heavy atom. The highest BCUT2D eigenvalue weighted by molar-refractivity contribution is 6.08. The van der Waals surface area contributed by atoms with Gasteiger partial charge in [-0.1, -0.05) is 19.1 Å². The first-order valence-electron chi connectivity index (χ1n) is 10.6. The maximum absolute atomic E-state index is 12.9. The molecule has 1 aromatic carbocycles. The van der Waals surface area contributed by atoms with Gasteiger partial charge in [-0.05, 0) is 6.07 Å². The fraction of sp³-hybridized carbons (Fsp3) is 0.333. The third-order valence-corrected chi connectivity index (χ3v) is 6.40. The summed E-state index contributed by atoms with van der Waals surface area (Å²) in [5.41, 5.74) is 3.31. The Balaban J connectivity index is 1.34. The van der Waals surface area contributed by atoms with Crippen molar-refractivity contribution in [3.63, 3.8) is 0 Å². The fourth-order valence-corrected chi connectivity index (χ4v) is 4.64. The number of urea groups is 1. The van der Waals surface area contributed by atoms with E-state index < -0.39 is 0 Å². The third-order valence-electron chi connectivity index (χ3n) is 6.40. The van der Waals surface area contributed by atoms with E-state index >= 15 is 0 Å². The summed E-state index contributed by atoms with van der Waals surface area (Å²) < 4.78 is 7.87. The molecule has 11 nitrogen and oxygen atoms in total. The SMILES string of the molecule is CCc1nnc(-c2nc3c(N4CC[N+]5(CC4)C(=O)Nc4ccccc45)ncnc3n2C)o1. The largest absolute Gasteiger partial charge is 0.426 e. The smallest absolute Gasteiger partial charge is 0.418 e. The number of nitrogens with one attached hydrogen (secondary N) is 1. The van der Waals surface area contributed by atoms with Crippen molar-refractivity contribution >= 4 is 34.4 Å². The highest BCUT2D eigenvalue weighted by atomic mass is 16.4. The average molecular weight is 432 g/mol. The highest BCUT2D eigenvalue weighted by Gasteiger charge is 2.49. The van der Waals surface area contributed by atoms with Gasteiger partial charge in [-0.15, -0.1) is 10.2 Å². The Morgan fingerprint density at radius 3 is 2.75 bits per heavy atom. The Labute approximate surface area is 183 Å². The number of amides is 2. The number of rotatable bonds is 3. The molecule has 5 heterocycles. The van der Waals surface area contributed by atoms with Gasteiger partial charge < -0.3 is 13.9 Å². The molecule has 2 aliphatic rings. The Morgan fingerprint density at radius 2 is 1.97 bits per heavy atom. The molecule has 1 spiro atoms. The van der Waals surface area contributed by atoms with Crippen molar-refractivity contribution in [1.29, 1.82) is 0 Å². The minimum absolute atomic E-state index is 0.0296. The summed E-state index contributed by atoms with van der Waals surface area (Å²) in [6.07, 6.45) is 2.21. The van der Waals surface area contributed by atoms with Gasteiger partial charge >= 0.3 is 6.03 Å². The van der Waals surface area contributed by atoms with Crippen molar-refractivity contribution in [3.05, 3.63) is 36.5 Å². The van der Waals surface area contributed by atoms with Crippen LogP contribution in [0.15, 0.2) is 35.0 Å². The quantitative estimate of drug-likeness (QED) is 0.491. The summed E-state index contributed by atoms with van der Waals surface area (Å²) in [4.78, 5) is 28.8. The predicted molar refractivity (Wildman–Crippen MR) is 118 cm³/mol. The number of hydrogen-bond acceptors (Lipinski definition) is 8. The van der Waals surface area contributed by atoms with Gasteiger partial charge in [-0.3, -0.25) is 5.32 Å². The Hall–Kier alpha value is -3.86. The summed E-state index contributed by atoms with van der Waals surface area (Å²) in [6, 6.07) is 7.95. The zero-order chi connectivity index (χ0) is 21.9. The number of aryl methyl sites for hydroxylation is 2. The predicted octanol–water partition coefficient (Wildman–Crippen LogP) is 2.35. The number of fused-ring (bicyclic) bond motifs is 3. The molecule has 6 rings (SSSR count). The van der Waals surface area contributed by atoms with Crippen molar-refractivity contribution in [1.82, 2.24) is 34.2 Å². The number of nitrogens with zero attached hydrogens (tertiary/aromatic N) is 8. The molecule has 0 radical (unpaired) electrons. The summed E-state index contributed by atoms with van der Waals surface area (Å²) in [5, 5.41) is 11.2. The van der Waals surface area contributed by atoms with Crippen LogP contribution in [0, 0.1) is 0 Å². The molecule has 0 bridgehead atoms. The van der Waals surface area contributed by atoms with Crippen LogP contribution >= 0.6 is 0 Å². The van der Waals surface area contributed by atoms with Crippen LogP contribution in [0.2, 0.25) is 0 Å². The molecule has 0 saturated carbocycles. The van der Waals surface area contributed by atoms with Gasteiger partial charge in [0, 0.05) is 19.5 Å². The fourth-order valence-electron chi connectivity index (χ4n) is 4.64. The Kier molecular flexibility index (Phi) is 4.02. The highest BCUT2D eigenvalue weighted by Crippen LogP contribution is 2.40. The Bertz CT molecular complexity index is 1350. The van der Waals surface area contributed by atoms with Crippen LogP contribution in [0.4, 0.5) is 22.0 Å². The van der Waals surface area contributed by atoms with E-state index in [1.165, 1.54) is 0 Å². The number of carbonyl (C=O) groups is 1. The van der Waals surface area contributed by atoms with Gasteiger partial charge in [0.15, 0.2) is 22.7 Å². The lowest BCUT2D eigenvalue weighted by Crippen LogP contribution is -2.63. The first-order valence-corrected chi connectivity index (χ1v) is 10.6. The lowest BCUT2D eigenvalue weighted by molar-refractivity contribution is 0.212. The van der Waals surface area contributed by atoms with Crippen molar-refractivity contribution in [2.24, 2.45) is 7.05 Å². The lowest BCUT2D eigenvalue weighted by atomic mass is 10.2. The van der Waals surface area contributed by atoms with Crippen molar-refractivity contribution in [2.45, 2.75) is 13.3 Å². The maximum Gasteiger partial charge on any atom is 0.426 e. The molecule has 2 aliphatic heterocycles. The van der Waals surface area contributed by atoms with E-state index in [0.717, 1.165) is 17.2 Å². The van der Waals surface area contributed by atoms with Gasteiger partial charge in [0.05, 0.1) is 13.1 Å². The number of piperazine rings is 1. The molecule has 162 valence electrons. The minimum atomic E-state index is 0.0296. The number of quaternary nitrogens is 1. The summed E-state index contributed by atoms with van der Waals surface area (Å²) in [5.74, 6) is 2.23. The van der Waals surface area contributed by atoms with E-state index in [2.05, 4.69) is 30.4 Å². The van der Waals surface area contributed by atoms with Gasteiger partial charge in [0.1, 0.15) is 25.1 Å². The summed E-state index contributed by atoms with van der Waals surface area (Å²) in [7, 11) is 1.87. The van der Waals surface area contributed by atoms with Gasteiger partial charge in [-0.25, -0.2) is 24.2 Å². The molecule has 32 heavy (non-hydrogen) atoms.